The lowest BCUT2D eigenvalue weighted by Gasteiger charge is -2.27. The summed E-state index contributed by atoms with van der Waals surface area (Å²) in [7, 11) is 0. The molecule has 1 amide bonds. The van der Waals surface area contributed by atoms with Crippen LogP contribution in [0.3, 0.4) is 0 Å². The second-order valence-electron chi connectivity index (χ2n) is 20.0. The van der Waals surface area contributed by atoms with Gasteiger partial charge in [0.2, 0.25) is 5.91 Å². The highest BCUT2D eigenvalue weighted by Gasteiger charge is 2.28. The molecule has 0 bridgehead atoms. The Bertz CT molecular complexity index is 1090. The highest BCUT2D eigenvalue weighted by Crippen LogP contribution is 2.17. The van der Waals surface area contributed by atoms with Crippen LogP contribution in [0.1, 0.15) is 296 Å². The minimum absolute atomic E-state index is 0.353. The molecule has 5 N–H and O–H groups in total. The van der Waals surface area contributed by atoms with E-state index in [1.165, 1.54) is 218 Å². The number of carbonyl (C=O) groups is 1. The zero-order valence-corrected chi connectivity index (χ0v) is 43.9. The number of aliphatic hydroxyl groups is 4. The SMILES string of the molecule is CCCCC/C=C\C=C/CCCCCCCCCCCC(O)C(=O)NC(CO)C(O)C(O)CCC/C=C/CC/C=C/CCCCCCCCCCCCCCCCCCCCCCCCC. The van der Waals surface area contributed by atoms with E-state index in [1.807, 2.05) is 0 Å². The number of allylic oxidation sites excluding steroid dienone is 8. The molecule has 6 nitrogen and oxygen atoms in total. The van der Waals surface area contributed by atoms with Crippen LogP contribution in [0.5, 0.6) is 0 Å². The largest absolute Gasteiger partial charge is 0.394 e. The van der Waals surface area contributed by atoms with Gasteiger partial charge in [0, 0.05) is 0 Å². The molecule has 0 fully saturated rings. The van der Waals surface area contributed by atoms with Crippen LogP contribution in [0, 0.1) is 0 Å². The quantitative estimate of drug-likeness (QED) is 0.0237. The molecule has 0 saturated heterocycles. The first-order valence-electron chi connectivity index (χ1n) is 29.0. The van der Waals surface area contributed by atoms with Crippen LogP contribution in [-0.4, -0.2) is 57.3 Å². The highest BCUT2D eigenvalue weighted by atomic mass is 16.3. The molecule has 0 aliphatic rings. The summed E-state index contributed by atoms with van der Waals surface area (Å²) in [5.41, 5.74) is 0. The van der Waals surface area contributed by atoms with Crippen molar-refractivity contribution in [1.82, 2.24) is 5.32 Å². The van der Waals surface area contributed by atoms with Crippen LogP contribution in [-0.2, 0) is 4.79 Å². The monoisotopic (exact) mass is 928 g/mol. The van der Waals surface area contributed by atoms with Crippen LogP contribution in [0.2, 0.25) is 0 Å². The number of carbonyl (C=O) groups excluding carboxylic acids is 1. The molecule has 0 aliphatic carbocycles. The molecular formula is C60H113NO5. The number of rotatable bonds is 53. The van der Waals surface area contributed by atoms with Gasteiger partial charge in [0.15, 0.2) is 0 Å². The van der Waals surface area contributed by atoms with E-state index in [9.17, 15) is 25.2 Å². The molecule has 0 aromatic rings. The number of nitrogens with one attached hydrogen (secondary N) is 1. The predicted octanol–water partition coefficient (Wildman–Crippen LogP) is 17.0. The molecule has 4 unspecified atom stereocenters. The van der Waals surface area contributed by atoms with Crippen molar-refractivity contribution in [2.45, 2.75) is 321 Å². The second-order valence-corrected chi connectivity index (χ2v) is 20.0. The van der Waals surface area contributed by atoms with Crippen molar-refractivity contribution in [3.63, 3.8) is 0 Å². The van der Waals surface area contributed by atoms with Gasteiger partial charge in [-0.2, -0.15) is 0 Å². The lowest BCUT2D eigenvalue weighted by Crippen LogP contribution is -2.53. The summed E-state index contributed by atoms with van der Waals surface area (Å²) in [6, 6.07) is -1.01. The van der Waals surface area contributed by atoms with Crippen LogP contribution in [0.25, 0.3) is 0 Å². The van der Waals surface area contributed by atoms with Gasteiger partial charge >= 0.3 is 0 Å². The Morgan fingerprint density at radius 1 is 0.379 bits per heavy atom. The number of hydrogen-bond acceptors (Lipinski definition) is 5. The second kappa shape index (κ2) is 54.2. The molecule has 4 atom stereocenters. The highest BCUT2D eigenvalue weighted by molar-refractivity contribution is 5.80. The molecular weight excluding hydrogens is 815 g/mol. The third-order valence-electron chi connectivity index (χ3n) is 13.5. The smallest absolute Gasteiger partial charge is 0.249 e. The average Bonchev–Trinajstić information content (AvgIpc) is 3.32. The van der Waals surface area contributed by atoms with Gasteiger partial charge in [-0.15, -0.1) is 0 Å². The number of hydrogen-bond donors (Lipinski definition) is 5. The normalized spacial score (nSPS) is 14.1. The summed E-state index contributed by atoms with van der Waals surface area (Å²) in [6.45, 7) is 4.03. The maximum Gasteiger partial charge on any atom is 0.249 e. The molecule has 0 spiro atoms. The Hall–Kier alpha value is -1.73. The van der Waals surface area contributed by atoms with E-state index in [4.69, 9.17) is 0 Å². The van der Waals surface area contributed by atoms with Gasteiger partial charge in [-0.1, -0.05) is 268 Å². The molecule has 66 heavy (non-hydrogen) atoms. The summed E-state index contributed by atoms with van der Waals surface area (Å²) < 4.78 is 0. The van der Waals surface area contributed by atoms with E-state index in [2.05, 4.69) is 67.8 Å². The first-order valence-corrected chi connectivity index (χ1v) is 29.0. The Morgan fingerprint density at radius 2 is 0.682 bits per heavy atom. The van der Waals surface area contributed by atoms with Crippen molar-refractivity contribution in [2.75, 3.05) is 6.61 Å². The standard InChI is InChI=1S/C60H113NO5/c1-3-5-7-9-11-13-15-17-19-21-23-24-25-26-27-28-29-30-31-32-33-34-35-36-38-39-41-43-45-47-49-51-53-57(63)59(65)56(55-62)61-60(66)58(64)54-52-50-48-46-44-42-40-37-22-20-18-16-14-12-10-8-6-4-2/h12,14,16,18,38-39,45,47,56-59,62-65H,3-11,13,15,17,19-37,40-44,46,48-55H2,1-2H3,(H,61,66)/b14-12-,18-16-,39-38+,47-45+. The van der Waals surface area contributed by atoms with Crippen LogP contribution in [0.15, 0.2) is 48.6 Å². The summed E-state index contributed by atoms with van der Waals surface area (Å²) in [5, 5.41) is 43.9. The van der Waals surface area contributed by atoms with Gasteiger partial charge in [-0.25, -0.2) is 0 Å². The molecule has 0 rings (SSSR count). The molecule has 0 saturated carbocycles. The summed E-state index contributed by atoms with van der Waals surface area (Å²) >= 11 is 0. The van der Waals surface area contributed by atoms with E-state index in [0.29, 0.717) is 19.3 Å². The molecule has 0 aliphatic heterocycles. The molecule has 0 aromatic carbocycles. The lowest BCUT2D eigenvalue weighted by molar-refractivity contribution is -0.132. The van der Waals surface area contributed by atoms with E-state index >= 15 is 0 Å². The Kier molecular flexibility index (Phi) is 52.8. The fourth-order valence-corrected chi connectivity index (χ4v) is 8.94. The minimum Gasteiger partial charge on any atom is -0.394 e. The minimum atomic E-state index is -1.29. The number of unbranched alkanes of at least 4 members (excludes halogenated alkanes) is 37. The summed E-state index contributed by atoms with van der Waals surface area (Å²) in [5.74, 6) is -0.601. The zero-order chi connectivity index (χ0) is 48.1. The van der Waals surface area contributed by atoms with Crippen molar-refractivity contribution in [3.8, 4) is 0 Å². The summed E-state index contributed by atoms with van der Waals surface area (Å²) in [4.78, 5) is 12.6. The van der Waals surface area contributed by atoms with Gasteiger partial charge in [-0.05, 0) is 77.0 Å². The zero-order valence-electron chi connectivity index (χ0n) is 43.9. The molecule has 0 radical (unpaired) electrons. The average molecular weight is 929 g/mol. The van der Waals surface area contributed by atoms with Gasteiger partial charge < -0.3 is 25.7 Å². The van der Waals surface area contributed by atoms with Crippen molar-refractivity contribution in [1.29, 1.82) is 0 Å². The molecule has 0 aromatic heterocycles. The van der Waals surface area contributed by atoms with Gasteiger partial charge in [0.05, 0.1) is 18.8 Å². The van der Waals surface area contributed by atoms with Crippen LogP contribution >= 0.6 is 0 Å². The van der Waals surface area contributed by atoms with Gasteiger partial charge in [-0.3, -0.25) is 4.79 Å². The van der Waals surface area contributed by atoms with Crippen molar-refractivity contribution in [3.05, 3.63) is 48.6 Å². The fourth-order valence-electron chi connectivity index (χ4n) is 8.94. The van der Waals surface area contributed by atoms with Crippen molar-refractivity contribution < 1.29 is 25.2 Å². The van der Waals surface area contributed by atoms with Crippen molar-refractivity contribution >= 4 is 5.91 Å². The molecule has 388 valence electrons. The first kappa shape index (κ1) is 64.3. The Morgan fingerprint density at radius 3 is 1.08 bits per heavy atom. The van der Waals surface area contributed by atoms with E-state index in [-0.39, 0.29) is 0 Å². The molecule has 6 heteroatoms. The first-order chi connectivity index (χ1) is 32.5. The van der Waals surface area contributed by atoms with Gasteiger partial charge in [0.1, 0.15) is 12.2 Å². The number of aliphatic hydroxyl groups excluding tert-OH is 4. The third kappa shape index (κ3) is 47.3. The molecule has 0 heterocycles. The maximum absolute atomic E-state index is 12.6. The summed E-state index contributed by atoms with van der Waals surface area (Å²) in [6.07, 6.45) is 69.1. The Labute approximate surface area is 410 Å². The Balaban J connectivity index is 3.65. The predicted molar refractivity (Wildman–Crippen MR) is 288 cm³/mol. The van der Waals surface area contributed by atoms with Crippen LogP contribution in [0.4, 0.5) is 0 Å². The van der Waals surface area contributed by atoms with E-state index < -0.39 is 36.9 Å². The van der Waals surface area contributed by atoms with E-state index in [1.54, 1.807) is 0 Å². The number of amides is 1. The van der Waals surface area contributed by atoms with Gasteiger partial charge in [0.25, 0.3) is 0 Å². The van der Waals surface area contributed by atoms with Crippen LogP contribution < -0.4 is 5.32 Å². The lowest BCUT2D eigenvalue weighted by atomic mass is 10.00. The third-order valence-corrected chi connectivity index (χ3v) is 13.5. The fraction of sp³-hybridized carbons (Fsp3) is 0.850. The van der Waals surface area contributed by atoms with E-state index in [0.717, 1.165) is 44.9 Å². The topological polar surface area (TPSA) is 110 Å². The van der Waals surface area contributed by atoms with Crippen molar-refractivity contribution in [2.24, 2.45) is 0 Å². The maximum atomic E-state index is 12.6.